The number of nitrogens with zero attached hydrogens (tertiary/aromatic N) is 1. The molecule has 1 aromatic carbocycles. The highest BCUT2D eigenvalue weighted by molar-refractivity contribution is 7.08. The van der Waals surface area contributed by atoms with Crippen molar-refractivity contribution in [3.8, 4) is 0 Å². The molecule has 2 heterocycles. The molecule has 1 unspecified atom stereocenters. The highest BCUT2D eigenvalue weighted by atomic mass is 32.1. The van der Waals surface area contributed by atoms with Crippen LogP contribution in [0.2, 0.25) is 0 Å². The second-order valence-corrected chi connectivity index (χ2v) is 6.34. The molecule has 0 spiro atoms. The van der Waals surface area contributed by atoms with E-state index in [0.29, 0.717) is 5.56 Å². The summed E-state index contributed by atoms with van der Waals surface area (Å²) in [5, 5.41) is 6.44. The van der Waals surface area contributed by atoms with Crippen LogP contribution in [0.3, 0.4) is 0 Å². The number of rotatable bonds is 5. The molecule has 118 valence electrons. The van der Waals surface area contributed by atoms with Crippen molar-refractivity contribution in [3.05, 3.63) is 58.3 Å². The predicted octanol–water partition coefficient (Wildman–Crippen LogP) is 2.79. The maximum absolute atomic E-state index is 12.6. The van der Waals surface area contributed by atoms with Crippen LogP contribution >= 0.6 is 11.3 Å². The number of imide groups is 1. The van der Waals surface area contributed by atoms with Crippen molar-refractivity contribution in [2.24, 2.45) is 0 Å². The lowest BCUT2D eigenvalue weighted by molar-refractivity contribution is -0.131. The highest BCUT2D eigenvalue weighted by Crippen LogP contribution is 2.30. The Labute approximate surface area is 137 Å². The molecule has 0 bridgehead atoms. The Morgan fingerprint density at radius 2 is 1.96 bits per heavy atom. The zero-order valence-electron chi connectivity index (χ0n) is 12.6. The van der Waals surface area contributed by atoms with Crippen LogP contribution in [-0.2, 0) is 10.3 Å². The summed E-state index contributed by atoms with van der Waals surface area (Å²) < 4.78 is 0. The van der Waals surface area contributed by atoms with Crippen molar-refractivity contribution in [1.29, 1.82) is 0 Å². The first-order valence-electron chi connectivity index (χ1n) is 7.27. The molecular formula is C17H16N2O3S. The van der Waals surface area contributed by atoms with E-state index in [2.05, 4.69) is 5.32 Å². The van der Waals surface area contributed by atoms with E-state index in [9.17, 15) is 14.4 Å². The number of nitrogens with one attached hydrogen (secondary N) is 1. The van der Waals surface area contributed by atoms with Crippen molar-refractivity contribution < 1.29 is 14.4 Å². The molecule has 1 aliphatic heterocycles. The van der Waals surface area contributed by atoms with Gasteiger partial charge in [-0.2, -0.15) is 11.3 Å². The lowest BCUT2D eigenvalue weighted by atomic mass is 9.95. The molecule has 3 rings (SSSR count). The maximum atomic E-state index is 12.6. The number of benzene rings is 1. The Balaban J connectivity index is 1.71. The number of hydrogen-bond acceptors (Lipinski definition) is 4. The SMILES string of the molecule is CC1(c2ccsc2)NC(=O)N(CCC(=O)c2ccccc2)C1=O. The first-order valence-corrected chi connectivity index (χ1v) is 8.21. The van der Waals surface area contributed by atoms with Gasteiger partial charge in [0, 0.05) is 18.5 Å². The van der Waals surface area contributed by atoms with Crippen molar-refractivity contribution in [3.63, 3.8) is 0 Å². The summed E-state index contributed by atoms with van der Waals surface area (Å²) in [6.07, 6.45) is 0.114. The molecule has 1 aromatic heterocycles. The summed E-state index contributed by atoms with van der Waals surface area (Å²) in [7, 11) is 0. The number of thiophene rings is 1. The first-order chi connectivity index (χ1) is 11.0. The fourth-order valence-electron chi connectivity index (χ4n) is 2.63. The molecule has 5 nitrogen and oxygen atoms in total. The molecule has 0 aliphatic carbocycles. The lowest BCUT2D eigenvalue weighted by Gasteiger charge is -2.20. The maximum Gasteiger partial charge on any atom is 0.325 e. The third-order valence-corrected chi connectivity index (χ3v) is 4.71. The van der Waals surface area contributed by atoms with E-state index in [-0.39, 0.29) is 24.7 Å². The van der Waals surface area contributed by atoms with Crippen molar-refractivity contribution in [2.45, 2.75) is 18.9 Å². The van der Waals surface area contributed by atoms with Crippen LogP contribution in [-0.4, -0.2) is 29.2 Å². The number of carbonyl (C=O) groups excluding carboxylic acids is 3. The Bertz CT molecular complexity index is 742. The van der Waals surface area contributed by atoms with E-state index in [0.717, 1.165) is 10.5 Å². The number of hydrogen-bond donors (Lipinski definition) is 1. The molecule has 1 fully saturated rings. The Kier molecular flexibility index (Phi) is 4.00. The summed E-state index contributed by atoms with van der Waals surface area (Å²) in [4.78, 5) is 38.0. The van der Waals surface area contributed by atoms with Crippen molar-refractivity contribution in [2.75, 3.05) is 6.54 Å². The fourth-order valence-corrected chi connectivity index (χ4v) is 3.39. The lowest BCUT2D eigenvalue weighted by Crippen LogP contribution is -2.40. The van der Waals surface area contributed by atoms with E-state index >= 15 is 0 Å². The molecule has 23 heavy (non-hydrogen) atoms. The molecule has 1 atom stereocenters. The van der Waals surface area contributed by atoms with Crippen LogP contribution in [0.1, 0.15) is 29.3 Å². The minimum atomic E-state index is -1.05. The van der Waals surface area contributed by atoms with Crippen LogP contribution in [0.5, 0.6) is 0 Å². The third kappa shape index (κ3) is 2.77. The molecule has 0 saturated carbocycles. The highest BCUT2D eigenvalue weighted by Gasteiger charge is 2.48. The monoisotopic (exact) mass is 328 g/mol. The smallest absolute Gasteiger partial charge is 0.319 e. The average Bonchev–Trinajstić information content (AvgIpc) is 3.16. The van der Waals surface area contributed by atoms with Gasteiger partial charge < -0.3 is 5.32 Å². The van der Waals surface area contributed by atoms with Gasteiger partial charge in [-0.25, -0.2) is 4.79 Å². The van der Waals surface area contributed by atoms with E-state index in [1.54, 1.807) is 31.2 Å². The molecular weight excluding hydrogens is 312 g/mol. The quantitative estimate of drug-likeness (QED) is 0.678. The van der Waals surface area contributed by atoms with Gasteiger partial charge in [-0.05, 0) is 29.3 Å². The molecule has 1 saturated heterocycles. The summed E-state index contributed by atoms with van der Waals surface area (Å²) in [5.74, 6) is -0.405. The van der Waals surface area contributed by atoms with E-state index in [4.69, 9.17) is 0 Å². The average molecular weight is 328 g/mol. The standard InChI is InChI=1S/C17H16N2O3S/c1-17(13-8-10-23-11-13)15(21)19(16(22)18-17)9-7-14(20)12-5-3-2-4-6-12/h2-6,8,10-11H,7,9H2,1H3,(H,18,22). The fraction of sp³-hybridized carbons (Fsp3) is 0.235. The van der Waals surface area contributed by atoms with Gasteiger partial charge in [-0.15, -0.1) is 0 Å². The van der Waals surface area contributed by atoms with Gasteiger partial charge in [0.2, 0.25) is 0 Å². The summed E-state index contributed by atoms with van der Waals surface area (Å²) in [6.45, 7) is 1.77. The van der Waals surface area contributed by atoms with Crippen molar-refractivity contribution in [1.82, 2.24) is 10.2 Å². The van der Waals surface area contributed by atoms with Gasteiger partial charge in [-0.3, -0.25) is 14.5 Å². The summed E-state index contributed by atoms with van der Waals surface area (Å²) in [5.41, 5.74) is 0.297. The zero-order chi connectivity index (χ0) is 16.4. The minimum Gasteiger partial charge on any atom is -0.319 e. The van der Waals surface area contributed by atoms with Gasteiger partial charge >= 0.3 is 6.03 Å². The molecule has 6 heteroatoms. The van der Waals surface area contributed by atoms with Crippen molar-refractivity contribution >= 4 is 29.1 Å². The summed E-state index contributed by atoms with van der Waals surface area (Å²) >= 11 is 1.47. The number of urea groups is 1. The predicted molar refractivity (Wildman–Crippen MR) is 87.3 cm³/mol. The second-order valence-electron chi connectivity index (χ2n) is 5.56. The van der Waals surface area contributed by atoms with E-state index < -0.39 is 11.6 Å². The van der Waals surface area contributed by atoms with Crippen LogP contribution < -0.4 is 5.32 Å². The van der Waals surface area contributed by atoms with Gasteiger partial charge in [0.05, 0.1) is 0 Å². The molecule has 2 aromatic rings. The minimum absolute atomic E-state index is 0.0815. The first kappa shape index (κ1) is 15.4. The Hall–Kier alpha value is -2.47. The van der Waals surface area contributed by atoms with Gasteiger partial charge in [0.15, 0.2) is 5.78 Å². The molecule has 1 aliphatic rings. The van der Waals surface area contributed by atoms with Crippen LogP contribution in [0, 0.1) is 0 Å². The largest absolute Gasteiger partial charge is 0.325 e. The van der Waals surface area contributed by atoms with Crippen LogP contribution in [0.25, 0.3) is 0 Å². The van der Waals surface area contributed by atoms with E-state index in [1.807, 2.05) is 22.9 Å². The Morgan fingerprint density at radius 3 is 2.61 bits per heavy atom. The normalized spacial score (nSPS) is 20.7. The molecule has 1 N–H and O–H groups in total. The number of ketones is 1. The number of Topliss-reactive ketones (excluding diaryl/α,β-unsaturated/α-hetero) is 1. The van der Waals surface area contributed by atoms with Gasteiger partial charge in [0.25, 0.3) is 5.91 Å². The van der Waals surface area contributed by atoms with Crippen LogP contribution in [0.4, 0.5) is 4.79 Å². The molecule has 0 radical (unpaired) electrons. The Morgan fingerprint density at radius 1 is 1.22 bits per heavy atom. The number of amides is 3. The van der Waals surface area contributed by atoms with E-state index in [1.165, 1.54) is 11.3 Å². The van der Waals surface area contributed by atoms with Gasteiger partial charge in [0.1, 0.15) is 5.54 Å². The van der Waals surface area contributed by atoms with Crippen LogP contribution in [0.15, 0.2) is 47.2 Å². The third-order valence-electron chi connectivity index (χ3n) is 4.03. The topological polar surface area (TPSA) is 66.5 Å². The number of carbonyl (C=O) groups is 3. The second kappa shape index (κ2) is 5.96. The summed E-state index contributed by atoms with van der Waals surface area (Å²) in [6, 6.07) is 10.2. The molecule has 3 amide bonds. The zero-order valence-corrected chi connectivity index (χ0v) is 13.4. The van der Waals surface area contributed by atoms with Gasteiger partial charge in [-0.1, -0.05) is 30.3 Å².